The van der Waals surface area contributed by atoms with E-state index in [9.17, 15) is 8.78 Å². The summed E-state index contributed by atoms with van der Waals surface area (Å²) in [5.41, 5.74) is 0.601. The van der Waals surface area contributed by atoms with Gasteiger partial charge in [0.2, 0.25) is 0 Å². The lowest BCUT2D eigenvalue weighted by molar-refractivity contribution is 0.199. The Morgan fingerprint density at radius 1 is 1.11 bits per heavy atom. The first-order chi connectivity index (χ1) is 8.74. The van der Waals surface area contributed by atoms with Crippen LogP contribution in [-0.4, -0.2) is 26.8 Å². The summed E-state index contributed by atoms with van der Waals surface area (Å²) in [7, 11) is 1.68. The molecule has 0 heterocycles. The SMILES string of the molecule is COCCNCCCCCc1ccc(F)cc1F. The molecule has 1 aromatic rings. The van der Waals surface area contributed by atoms with Gasteiger partial charge in [0.1, 0.15) is 11.6 Å². The Bertz CT molecular complexity index is 345. The Labute approximate surface area is 107 Å². The Hall–Kier alpha value is -1.00. The molecule has 0 bridgehead atoms. The molecule has 1 rings (SSSR count). The minimum Gasteiger partial charge on any atom is -0.383 e. The molecule has 0 unspecified atom stereocenters. The first kappa shape index (κ1) is 15.1. The van der Waals surface area contributed by atoms with Gasteiger partial charge in [0.25, 0.3) is 0 Å². The highest BCUT2D eigenvalue weighted by atomic mass is 19.1. The van der Waals surface area contributed by atoms with Gasteiger partial charge in [0.15, 0.2) is 0 Å². The molecule has 0 atom stereocenters. The van der Waals surface area contributed by atoms with Gasteiger partial charge in [-0.1, -0.05) is 12.5 Å². The number of rotatable bonds is 9. The zero-order valence-corrected chi connectivity index (χ0v) is 10.8. The van der Waals surface area contributed by atoms with Gasteiger partial charge in [-0.05, 0) is 37.4 Å². The number of hydrogen-bond acceptors (Lipinski definition) is 2. The summed E-state index contributed by atoms with van der Waals surface area (Å²) < 4.78 is 30.9. The molecule has 18 heavy (non-hydrogen) atoms. The van der Waals surface area contributed by atoms with Crippen molar-refractivity contribution < 1.29 is 13.5 Å². The van der Waals surface area contributed by atoms with Crippen LogP contribution >= 0.6 is 0 Å². The maximum Gasteiger partial charge on any atom is 0.129 e. The van der Waals surface area contributed by atoms with Crippen LogP contribution in [0.3, 0.4) is 0 Å². The van der Waals surface area contributed by atoms with E-state index in [-0.39, 0.29) is 0 Å². The van der Waals surface area contributed by atoms with Gasteiger partial charge in [-0.15, -0.1) is 0 Å². The van der Waals surface area contributed by atoms with E-state index in [4.69, 9.17) is 4.74 Å². The summed E-state index contributed by atoms with van der Waals surface area (Å²) in [6, 6.07) is 3.79. The average molecular weight is 257 g/mol. The van der Waals surface area contributed by atoms with Crippen molar-refractivity contribution in [1.29, 1.82) is 0 Å². The molecule has 102 valence electrons. The van der Waals surface area contributed by atoms with Gasteiger partial charge in [-0.25, -0.2) is 8.78 Å². The van der Waals surface area contributed by atoms with E-state index in [1.165, 1.54) is 12.1 Å². The second-order valence-electron chi connectivity index (χ2n) is 4.29. The summed E-state index contributed by atoms with van der Waals surface area (Å²) in [5, 5.41) is 3.26. The molecule has 0 aliphatic carbocycles. The number of methoxy groups -OCH3 is 1. The third-order valence-corrected chi connectivity index (χ3v) is 2.80. The molecule has 0 amide bonds. The minimum atomic E-state index is -0.515. The first-order valence-electron chi connectivity index (χ1n) is 6.37. The number of aryl methyl sites for hydroxylation is 1. The van der Waals surface area contributed by atoms with Gasteiger partial charge in [0, 0.05) is 19.7 Å². The zero-order valence-electron chi connectivity index (χ0n) is 10.8. The number of halogens is 2. The largest absolute Gasteiger partial charge is 0.383 e. The van der Waals surface area contributed by atoms with Crippen LogP contribution < -0.4 is 5.32 Å². The molecule has 1 aromatic carbocycles. The van der Waals surface area contributed by atoms with Gasteiger partial charge < -0.3 is 10.1 Å². The molecule has 0 saturated heterocycles. The van der Waals surface area contributed by atoms with Crippen LogP contribution in [0.2, 0.25) is 0 Å². The molecule has 0 aliphatic heterocycles. The van der Waals surface area contributed by atoms with Crippen LogP contribution in [0.5, 0.6) is 0 Å². The standard InChI is InChI=1S/C14H21F2NO/c1-18-10-9-17-8-4-2-3-5-12-6-7-13(15)11-14(12)16/h6-7,11,17H,2-5,8-10H2,1H3. The van der Waals surface area contributed by atoms with Crippen molar-refractivity contribution in [2.75, 3.05) is 26.8 Å². The fourth-order valence-corrected chi connectivity index (χ4v) is 1.77. The van der Waals surface area contributed by atoms with E-state index >= 15 is 0 Å². The minimum absolute atomic E-state index is 0.437. The number of benzene rings is 1. The topological polar surface area (TPSA) is 21.3 Å². The molecule has 0 saturated carbocycles. The summed E-state index contributed by atoms with van der Waals surface area (Å²) >= 11 is 0. The predicted molar refractivity (Wildman–Crippen MR) is 68.7 cm³/mol. The van der Waals surface area contributed by atoms with Crippen molar-refractivity contribution in [3.63, 3.8) is 0 Å². The fraction of sp³-hybridized carbons (Fsp3) is 0.571. The van der Waals surface area contributed by atoms with Gasteiger partial charge in [0.05, 0.1) is 6.61 Å². The van der Waals surface area contributed by atoms with Gasteiger partial charge in [-0.2, -0.15) is 0 Å². The second kappa shape index (κ2) is 9.00. The van der Waals surface area contributed by atoms with Crippen LogP contribution in [0.15, 0.2) is 18.2 Å². The van der Waals surface area contributed by atoms with E-state index in [0.717, 1.165) is 45.0 Å². The lowest BCUT2D eigenvalue weighted by Crippen LogP contribution is -2.20. The smallest absolute Gasteiger partial charge is 0.129 e. The molecular formula is C14H21F2NO. The Balaban J connectivity index is 2.07. The third-order valence-electron chi connectivity index (χ3n) is 2.80. The van der Waals surface area contributed by atoms with Crippen molar-refractivity contribution in [3.8, 4) is 0 Å². The summed E-state index contributed by atoms with van der Waals surface area (Å²) in [6.45, 7) is 2.54. The van der Waals surface area contributed by atoms with Crippen LogP contribution in [0.4, 0.5) is 8.78 Å². The Morgan fingerprint density at radius 2 is 1.94 bits per heavy atom. The maximum atomic E-state index is 13.3. The van der Waals surface area contributed by atoms with Crippen LogP contribution in [0, 0.1) is 11.6 Å². The molecule has 0 aromatic heterocycles. The number of unbranched alkanes of at least 4 members (excludes halogenated alkanes) is 2. The highest BCUT2D eigenvalue weighted by molar-refractivity contribution is 5.18. The molecule has 0 aliphatic rings. The number of nitrogens with one attached hydrogen (secondary N) is 1. The highest BCUT2D eigenvalue weighted by Crippen LogP contribution is 2.12. The van der Waals surface area contributed by atoms with Crippen molar-refractivity contribution in [3.05, 3.63) is 35.4 Å². The van der Waals surface area contributed by atoms with Crippen molar-refractivity contribution in [2.45, 2.75) is 25.7 Å². The van der Waals surface area contributed by atoms with E-state index < -0.39 is 11.6 Å². The van der Waals surface area contributed by atoms with Gasteiger partial charge in [-0.3, -0.25) is 0 Å². The van der Waals surface area contributed by atoms with Gasteiger partial charge >= 0.3 is 0 Å². The van der Waals surface area contributed by atoms with Crippen molar-refractivity contribution >= 4 is 0 Å². The van der Waals surface area contributed by atoms with E-state index in [1.807, 2.05) is 0 Å². The lowest BCUT2D eigenvalue weighted by atomic mass is 10.1. The predicted octanol–water partition coefficient (Wildman–Crippen LogP) is 2.91. The van der Waals surface area contributed by atoms with Crippen LogP contribution in [-0.2, 0) is 11.2 Å². The molecule has 4 heteroatoms. The summed E-state index contributed by atoms with van der Waals surface area (Å²) in [6.07, 6.45) is 3.70. The van der Waals surface area contributed by atoms with E-state index in [2.05, 4.69) is 5.32 Å². The Kier molecular flexibility index (Phi) is 7.53. The number of ether oxygens (including phenoxy) is 1. The summed E-state index contributed by atoms with van der Waals surface area (Å²) in [4.78, 5) is 0. The van der Waals surface area contributed by atoms with Crippen molar-refractivity contribution in [1.82, 2.24) is 5.32 Å². The quantitative estimate of drug-likeness (QED) is 0.687. The van der Waals surface area contributed by atoms with Crippen LogP contribution in [0.25, 0.3) is 0 Å². The second-order valence-corrected chi connectivity index (χ2v) is 4.29. The molecule has 0 spiro atoms. The molecule has 0 radical (unpaired) electrons. The zero-order chi connectivity index (χ0) is 13.2. The monoisotopic (exact) mass is 257 g/mol. The maximum absolute atomic E-state index is 13.3. The molecule has 0 fully saturated rings. The van der Waals surface area contributed by atoms with E-state index in [0.29, 0.717) is 12.0 Å². The summed E-state index contributed by atoms with van der Waals surface area (Å²) in [5.74, 6) is -0.952. The third kappa shape index (κ3) is 6.07. The van der Waals surface area contributed by atoms with Crippen molar-refractivity contribution in [2.24, 2.45) is 0 Å². The van der Waals surface area contributed by atoms with Crippen LogP contribution in [0.1, 0.15) is 24.8 Å². The van der Waals surface area contributed by atoms with E-state index in [1.54, 1.807) is 7.11 Å². The fourth-order valence-electron chi connectivity index (χ4n) is 1.77. The molecule has 1 N–H and O–H groups in total. The first-order valence-corrected chi connectivity index (χ1v) is 6.37. The normalized spacial score (nSPS) is 10.8. The molecular weight excluding hydrogens is 236 g/mol. The lowest BCUT2D eigenvalue weighted by Gasteiger charge is -2.05. The number of hydrogen-bond donors (Lipinski definition) is 1. The highest BCUT2D eigenvalue weighted by Gasteiger charge is 2.03. The average Bonchev–Trinajstić information content (AvgIpc) is 2.35. The molecule has 2 nitrogen and oxygen atoms in total. The Morgan fingerprint density at radius 3 is 2.67 bits per heavy atom.